The molecule has 0 aliphatic heterocycles. The molecule has 2 aromatic heterocycles. The van der Waals surface area contributed by atoms with Crippen LogP contribution in [-0.4, -0.2) is 9.97 Å². The average Bonchev–Trinajstić information content (AvgIpc) is 3.12. The lowest BCUT2D eigenvalue weighted by molar-refractivity contribution is -0.591. The summed E-state index contributed by atoms with van der Waals surface area (Å²) in [6.45, 7) is 0.790. The second kappa shape index (κ2) is 7.80. The SMILES string of the molecule is [Cl-].c1ccc(C[NH2+]c2nc(-c3ccccc3)nc3c2oc2ccccc23)cc1. The van der Waals surface area contributed by atoms with Gasteiger partial charge in [0.05, 0.1) is 0 Å². The van der Waals surface area contributed by atoms with Crippen LogP contribution in [0, 0.1) is 0 Å². The molecule has 0 atom stereocenters. The highest BCUT2D eigenvalue weighted by molar-refractivity contribution is 6.05. The van der Waals surface area contributed by atoms with E-state index in [0.29, 0.717) is 5.82 Å². The minimum atomic E-state index is 0. The summed E-state index contributed by atoms with van der Waals surface area (Å²) in [5, 5.41) is 3.13. The molecule has 2 N–H and O–H groups in total. The van der Waals surface area contributed by atoms with E-state index in [9.17, 15) is 0 Å². The first kappa shape index (κ1) is 18.2. The molecule has 5 aromatic rings. The Kier molecular flexibility index (Phi) is 5.06. The fraction of sp³-hybridized carbons (Fsp3) is 0.0435. The summed E-state index contributed by atoms with van der Waals surface area (Å²) < 4.78 is 6.11. The van der Waals surface area contributed by atoms with Crippen LogP contribution in [0.25, 0.3) is 33.5 Å². The fourth-order valence-electron chi connectivity index (χ4n) is 3.30. The van der Waals surface area contributed by atoms with Crippen LogP contribution in [-0.2, 0) is 6.54 Å². The molecule has 0 aliphatic carbocycles. The largest absolute Gasteiger partial charge is 1.00 e. The molecule has 0 spiro atoms. The van der Waals surface area contributed by atoms with Gasteiger partial charge in [-0.1, -0.05) is 72.8 Å². The zero-order valence-electron chi connectivity index (χ0n) is 15.0. The molecule has 4 nitrogen and oxygen atoms in total. The number of aromatic nitrogens is 2. The van der Waals surface area contributed by atoms with Gasteiger partial charge in [0, 0.05) is 16.5 Å². The number of benzene rings is 3. The Bertz CT molecular complexity index is 1220. The third kappa shape index (κ3) is 3.36. The normalized spacial score (nSPS) is 10.9. The number of hydrogen-bond donors (Lipinski definition) is 1. The molecule has 138 valence electrons. The Hall–Kier alpha value is -3.21. The molecule has 3 aromatic carbocycles. The standard InChI is InChI=1S/C23H17N3O.ClH/c1-3-9-16(10-4-1)15-24-23-21-20(18-13-7-8-14-19(18)27-21)25-22(26-23)17-11-5-2-6-12-17;/h1-14H,15H2,(H,24,25,26);1H. The van der Waals surface area contributed by atoms with Gasteiger partial charge >= 0.3 is 0 Å². The maximum absolute atomic E-state index is 6.11. The molecule has 0 bridgehead atoms. The van der Waals surface area contributed by atoms with Crippen molar-refractivity contribution in [2.45, 2.75) is 6.54 Å². The second-order valence-corrected chi connectivity index (χ2v) is 6.47. The van der Waals surface area contributed by atoms with Crippen LogP contribution >= 0.6 is 0 Å². The van der Waals surface area contributed by atoms with E-state index in [1.165, 1.54) is 5.56 Å². The lowest BCUT2D eigenvalue weighted by atomic mass is 10.2. The topological polar surface area (TPSA) is 55.5 Å². The van der Waals surface area contributed by atoms with E-state index in [1.807, 2.05) is 60.7 Å². The minimum absolute atomic E-state index is 0. The molecule has 0 saturated carbocycles. The van der Waals surface area contributed by atoms with Crippen LogP contribution in [0.5, 0.6) is 0 Å². The Morgan fingerprint density at radius 3 is 2.21 bits per heavy atom. The molecule has 0 aliphatic rings. The van der Waals surface area contributed by atoms with E-state index in [0.717, 1.165) is 40.0 Å². The average molecular weight is 388 g/mol. The Labute approximate surface area is 168 Å². The molecule has 28 heavy (non-hydrogen) atoms. The van der Waals surface area contributed by atoms with Crippen molar-refractivity contribution in [1.29, 1.82) is 0 Å². The first-order valence-electron chi connectivity index (χ1n) is 9.00. The minimum Gasteiger partial charge on any atom is -1.00 e. The third-order valence-electron chi connectivity index (χ3n) is 4.65. The molecule has 0 saturated heterocycles. The number of nitrogens with two attached hydrogens (primary N) is 1. The zero-order chi connectivity index (χ0) is 18.1. The van der Waals surface area contributed by atoms with Gasteiger partial charge in [-0.15, -0.1) is 0 Å². The number of fused-ring (bicyclic) bond motifs is 3. The maximum Gasteiger partial charge on any atom is 0.272 e. The summed E-state index contributed by atoms with van der Waals surface area (Å²) in [4.78, 5) is 9.65. The van der Waals surface area contributed by atoms with Gasteiger partial charge in [0.25, 0.3) is 5.82 Å². The van der Waals surface area contributed by atoms with Crippen molar-refractivity contribution in [2.75, 3.05) is 0 Å². The number of nitrogens with zero attached hydrogens (tertiary/aromatic N) is 2. The van der Waals surface area contributed by atoms with Crippen LogP contribution in [0.3, 0.4) is 0 Å². The van der Waals surface area contributed by atoms with Gasteiger partial charge in [0.15, 0.2) is 5.82 Å². The Balaban J connectivity index is 0.00000192. The lowest BCUT2D eigenvalue weighted by Crippen LogP contribution is -3.00. The molecular formula is C23H18ClN3O. The molecule has 0 radical (unpaired) electrons. The smallest absolute Gasteiger partial charge is 0.272 e. The van der Waals surface area contributed by atoms with Crippen molar-refractivity contribution >= 4 is 27.9 Å². The number of rotatable bonds is 4. The highest BCUT2D eigenvalue weighted by Gasteiger charge is 2.19. The van der Waals surface area contributed by atoms with E-state index in [1.54, 1.807) is 0 Å². The molecule has 2 heterocycles. The van der Waals surface area contributed by atoms with Crippen molar-refractivity contribution in [1.82, 2.24) is 9.97 Å². The number of halogens is 1. The highest BCUT2D eigenvalue weighted by Crippen LogP contribution is 2.31. The van der Waals surface area contributed by atoms with Crippen molar-refractivity contribution in [2.24, 2.45) is 0 Å². The summed E-state index contributed by atoms with van der Waals surface area (Å²) in [7, 11) is 0. The molecule has 0 amide bonds. The van der Waals surface area contributed by atoms with Crippen molar-refractivity contribution in [3.63, 3.8) is 0 Å². The van der Waals surface area contributed by atoms with E-state index in [-0.39, 0.29) is 12.4 Å². The molecule has 5 rings (SSSR count). The van der Waals surface area contributed by atoms with Gasteiger partial charge in [0.1, 0.15) is 17.6 Å². The summed E-state index contributed by atoms with van der Waals surface area (Å²) in [5.41, 5.74) is 4.67. The first-order chi connectivity index (χ1) is 13.4. The van der Waals surface area contributed by atoms with E-state index < -0.39 is 0 Å². The van der Waals surface area contributed by atoms with E-state index in [4.69, 9.17) is 14.4 Å². The maximum atomic E-state index is 6.11. The van der Waals surface area contributed by atoms with E-state index >= 15 is 0 Å². The number of para-hydroxylation sites is 1. The van der Waals surface area contributed by atoms with Gasteiger partial charge in [0.2, 0.25) is 5.58 Å². The first-order valence-corrected chi connectivity index (χ1v) is 9.00. The molecule has 0 fully saturated rings. The van der Waals surface area contributed by atoms with Gasteiger partial charge in [-0.3, -0.25) is 5.32 Å². The third-order valence-corrected chi connectivity index (χ3v) is 4.65. The highest BCUT2D eigenvalue weighted by atomic mass is 35.5. The van der Waals surface area contributed by atoms with Crippen molar-refractivity contribution in [3.8, 4) is 11.4 Å². The van der Waals surface area contributed by atoms with Crippen molar-refractivity contribution in [3.05, 3.63) is 90.5 Å². The Morgan fingerprint density at radius 1 is 0.750 bits per heavy atom. The van der Waals surface area contributed by atoms with Crippen LogP contribution < -0.4 is 17.7 Å². The molecule has 5 heteroatoms. The zero-order valence-corrected chi connectivity index (χ0v) is 15.8. The van der Waals surface area contributed by atoms with Crippen LogP contribution in [0.15, 0.2) is 89.3 Å². The summed E-state index contributed by atoms with van der Waals surface area (Å²) in [6, 6.07) is 28.4. The van der Waals surface area contributed by atoms with Gasteiger partial charge < -0.3 is 16.8 Å². The predicted octanol–water partition coefficient (Wildman–Crippen LogP) is 1.44. The quantitative estimate of drug-likeness (QED) is 0.507. The van der Waals surface area contributed by atoms with Crippen LogP contribution in [0.2, 0.25) is 0 Å². The summed E-state index contributed by atoms with van der Waals surface area (Å²) in [5.74, 6) is 1.55. The van der Waals surface area contributed by atoms with Gasteiger partial charge in [-0.05, 0) is 12.1 Å². The second-order valence-electron chi connectivity index (χ2n) is 6.47. The summed E-state index contributed by atoms with van der Waals surface area (Å²) in [6.07, 6.45) is 0. The summed E-state index contributed by atoms with van der Waals surface area (Å²) >= 11 is 0. The molecular weight excluding hydrogens is 370 g/mol. The van der Waals surface area contributed by atoms with Crippen molar-refractivity contribution < 1.29 is 22.1 Å². The monoisotopic (exact) mass is 387 g/mol. The number of hydrogen-bond acceptors (Lipinski definition) is 3. The molecule has 0 unspecified atom stereocenters. The van der Waals surface area contributed by atoms with E-state index in [2.05, 4.69) is 29.6 Å². The van der Waals surface area contributed by atoms with Gasteiger partial charge in [-0.25, -0.2) is 4.98 Å². The Morgan fingerprint density at radius 2 is 1.43 bits per heavy atom. The predicted molar refractivity (Wildman–Crippen MR) is 106 cm³/mol. The van der Waals surface area contributed by atoms with Gasteiger partial charge in [-0.2, -0.15) is 4.98 Å². The van der Waals surface area contributed by atoms with Crippen LogP contribution in [0.1, 0.15) is 5.56 Å². The van der Waals surface area contributed by atoms with Crippen LogP contribution in [0.4, 0.5) is 5.82 Å². The number of furan rings is 1. The lowest BCUT2D eigenvalue weighted by Gasteiger charge is -2.04. The fourth-order valence-corrected chi connectivity index (χ4v) is 3.30. The number of quaternary nitrogens is 1.